The van der Waals surface area contributed by atoms with Crippen LogP contribution in [0.25, 0.3) is 0 Å². The van der Waals surface area contributed by atoms with Gasteiger partial charge in [0.15, 0.2) is 0 Å². The number of anilines is 1. The van der Waals surface area contributed by atoms with E-state index in [0.29, 0.717) is 13.0 Å². The maximum atomic E-state index is 12.1. The van der Waals surface area contributed by atoms with E-state index < -0.39 is 0 Å². The normalized spacial score (nSPS) is 17.2. The number of amides is 1. The van der Waals surface area contributed by atoms with Gasteiger partial charge in [0, 0.05) is 6.42 Å². The van der Waals surface area contributed by atoms with Crippen LogP contribution in [0.5, 0.6) is 5.75 Å². The van der Waals surface area contributed by atoms with Gasteiger partial charge in [0.2, 0.25) is 5.91 Å². The van der Waals surface area contributed by atoms with Gasteiger partial charge in [0.05, 0.1) is 12.2 Å². The van der Waals surface area contributed by atoms with Crippen molar-refractivity contribution in [2.45, 2.75) is 39.2 Å². The lowest BCUT2D eigenvalue weighted by Gasteiger charge is -2.39. The maximum absolute atomic E-state index is 12.1. The molecule has 92 valence electrons. The van der Waals surface area contributed by atoms with Crippen molar-refractivity contribution >= 4 is 11.6 Å². The van der Waals surface area contributed by atoms with Gasteiger partial charge in [0.25, 0.3) is 0 Å². The predicted molar refractivity (Wildman–Crippen MR) is 68.4 cm³/mol. The minimum Gasteiger partial charge on any atom is -0.484 e. The Labute approximate surface area is 102 Å². The average molecular weight is 233 g/mol. The molecule has 3 heteroatoms. The zero-order valence-corrected chi connectivity index (χ0v) is 10.7. The molecule has 1 aliphatic heterocycles. The number of hydrogen-bond acceptors (Lipinski definition) is 2. The Hall–Kier alpha value is -1.51. The van der Waals surface area contributed by atoms with Crippen LogP contribution in [0.3, 0.4) is 0 Å². The minimum atomic E-state index is -0.322. The zero-order valence-electron chi connectivity index (χ0n) is 10.7. The second kappa shape index (κ2) is 4.40. The lowest BCUT2D eigenvalue weighted by molar-refractivity contribution is -0.119. The first-order chi connectivity index (χ1) is 8.03. The molecule has 0 atom stereocenters. The molecule has 0 fully saturated rings. The van der Waals surface area contributed by atoms with Crippen LogP contribution in [0.15, 0.2) is 24.3 Å². The van der Waals surface area contributed by atoms with E-state index in [1.54, 1.807) is 0 Å². The molecule has 1 heterocycles. The monoisotopic (exact) mass is 233 g/mol. The number of rotatable bonds is 2. The summed E-state index contributed by atoms with van der Waals surface area (Å²) in [7, 11) is 0. The lowest BCUT2D eigenvalue weighted by Crippen LogP contribution is -2.49. The molecule has 17 heavy (non-hydrogen) atoms. The molecule has 1 aromatic carbocycles. The Morgan fingerprint density at radius 3 is 2.82 bits per heavy atom. The number of para-hydroxylation sites is 2. The average Bonchev–Trinajstić information content (AvgIpc) is 2.27. The van der Waals surface area contributed by atoms with Crippen LogP contribution in [-0.4, -0.2) is 18.1 Å². The number of ether oxygens (including phenoxy) is 1. The summed E-state index contributed by atoms with van der Waals surface area (Å²) < 4.78 is 5.88. The third-order valence-electron chi connectivity index (χ3n) is 2.85. The summed E-state index contributed by atoms with van der Waals surface area (Å²) >= 11 is 0. The van der Waals surface area contributed by atoms with Crippen molar-refractivity contribution in [3.05, 3.63) is 24.3 Å². The summed E-state index contributed by atoms with van der Waals surface area (Å²) in [5.41, 5.74) is 0.572. The number of fused-ring (bicyclic) bond motifs is 1. The molecule has 2 rings (SSSR count). The van der Waals surface area contributed by atoms with E-state index in [4.69, 9.17) is 4.74 Å². The van der Waals surface area contributed by atoms with Crippen LogP contribution < -0.4 is 9.64 Å². The van der Waals surface area contributed by atoms with Crippen LogP contribution >= 0.6 is 0 Å². The molecule has 0 bridgehead atoms. The van der Waals surface area contributed by atoms with E-state index in [-0.39, 0.29) is 11.5 Å². The smallest absolute Gasteiger partial charge is 0.227 e. The Morgan fingerprint density at radius 1 is 1.41 bits per heavy atom. The first-order valence-electron chi connectivity index (χ1n) is 6.12. The van der Waals surface area contributed by atoms with E-state index in [1.807, 2.05) is 49.9 Å². The van der Waals surface area contributed by atoms with Crippen LogP contribution in [0, 0.1) is 0 Å². The van der Waals surface area contributed by atoms with Gasteiger partial charge in [0.1, 0.15) is 11.4 Å². The van der Waals surface area contributed by atoms with Gasteiger partial charge in [-0.15, -0.1) is 0 Å². The topological polar surface area (TPSA) is 29.5 Å². The van der Waals surface area contributed by atoms with Gasteiger partial charge < -0.3 is 9.64 Å². The number of carbonyl (C=O) groups is 1. The second-order valence-corrected chi connectivity index (χ2v) is 5.06. The molecule has 0 aromatic heterocycles. The van der Waals surface area contributed by atoms with E-state index in [2.05, 4.69) is 0 Å². The molecule has 0 radical (unpaired) electrons. The van der Waals surface area contributed by atoms with Gasteiger partial charge in [-0.3, -0.25) is 4.79 Å². The highest BCUT2D eigenvalue weighted by atomic mass is 16.5. The van der Waals surface area contributed by atoms with Crippen molar-refractivity contribution in [1.29, 1.82) is 0 Å². The van der Waals surface area contributed by atoms with Crippen LogP contribution in [-0.2, 0) is 4.79 Å². The highest BCUT2D eigenvalue weighted by Crippen LogP contribution is 2.36. The Bertz CT molecular complexity index is 426. The number of carbonyl (C=O) groups excluding carboxylic acids is 1. The fourth-order valence-electron chi connectivity index (χ4n) is 2.13. The van der Waals surface area contributed by atoms with E-state index in [0.717, 1.165) is 17.9 Å². The van der Waals surface area contributed by atoms with Gasteiger partial charge in [-0.05, 0) is 32.4 Å². The van der Waals surface area contributed by atoms with Crippen LogP contribution in [0.4, 0.5) is 5.69 Å². The van der Waals surface area contributed by atoms with Gasteiger partial charge in [-0.2, -0.15) is 0 Å². The van der Waals surface area contributed by atoms with Gasteiger partial charge in [-0.1, -0.05) is 19.1 Å². The van der Waals surface area contributed by atoms with E-state index in [9.17, 15) is 4.79 Å². The second-order valence-electron chi connectivity index (χ2n) is 5.06. The van der Waals surface area contributed by atoms with Crippen LogP contribution in [0.1, 0.15) is 33.6 Å². The minimum absolute atomic E-state index is 0.177. The van der Waals surface area contributed by atoms with Crippen molar-refractivity contribution in [3.63, 3.8) is 0 Å². The summed E-state index contributed by atoms with van der Waals surface area (Å²) in [4.78, 5) is 14.0. The molecule has 0 spiro atoms. The van der Waals surface area contributed by atoms with Gasteiger partial charge >= 0.3 is 0 Å². The molecular formula is C14H19NO2. The first-order valence-corrected chi connectivity index (χ1v) is 6.12. The van der Waals surface area contributed by atoms with Crippen molar-refractivity contribution < 1.29 is 9.53 Å². The Morgan fingerprint density at radius 2 is 2.12 bits per heavy atom. The highest BCUT2D eigenvalue weighted by Gasteiger charge is 2.34. The third kappa shape index (κ3) is 2.43. The number of benzene rings is 1. The number of hydrogen-bond donors (Lipinski definition) is 0. The zero-order chi connectivity index (χ0) is 12.5. The largest absolute Gasteiger partial charge is 0.484 e. The predicted octanol–water partition coefficient (Wildman–Crippen LogP) is 2.99. The summed E-state index contributed by atoms with van der Waals surface area (Å²) in [6.07, 6.45) is 1.46. The molecule has 1 aliphatic rings. The molecule has 0 N–H and O–H groups in total. The van der Waals surface area contributed by atoms with Gasteiger partial charge in [-0.25, -0.2) is 0 Å². The number of nitrogens with zero attached hydrogens (tertiary/aromatic N) is 1. The molecule has 0 saturated heterocycles. The molecule has 0 saturated carbocycles. The summed E-state index contributed by atoms with van der Waals surface area (Å²) in [5.74, 6) is 0.976. The fourth-order valence-corrected chi connectivity index (χ4v) is 2.13. The Balaban J connectivity index is 2.36. The standard InChI is InChI=1S/C14H19NO2/c1-4-7-13(16)15-10-14(2,3)17-12-9-6-5-8-11(12)15/h5-6,8-9H,4,7,10H2,1-3H3. The van der Waals surface area contributed by atoms with E-state index in [1.165, 1.54) is 0 Å². The highest BCUT2D eigenvalue weighted by molar-refractivity contribution is 5.95. The molecule has 3 nitrogen and oxygen atoms in total. The first kappa shape index (κ1) is 12.0. The van der Waals surface area contributed by atoms with Crippen molar-refractivity contribution in [2.75, 3.05) is 11.4 Å². The van der Waals surface area contributed by atoms with Crippen molar-refractivity contribution in [3.8, 4) is 5.75 Å². The Kier molecular flexibility index (Phi) is 3.09. The SMILES string of the molecule is CCCC(=O)N1CC(C)(C)Oc2ccccc21. The summed E-state index contributed by atoms with van der Waals surface area (Å²) in [6, 6.07) is 7.73. The third-order valence-corrected chi connectivity index (χ3v) is 2.85. The summed E-state index contributed by atoms with van der Waals surface area (Å²) in [6.45, 7) is 6.66. The lowest BCUT2D eigenvalue weighted by atomic mass is 10.0. The quantitative estimate of drug-likeness (QED) is 0.786. The van der Waals surface area contributed by atoms with E-state index >= 15 is 0 Å². The molecule has 0 unspecified atom stereocenters. The summed E-state index contributed by atoms with van der Waals surface area (Å²) in [5, 5.41) is 0. The molecule has 0 aliphatic carbocycles. The fraction of sp³-hybridized carbons (Fsp3) is 0.500. The molecule has 1 aromatic rings. The van der Waals surface area contributed by atoms with Crippen molar-refractivity contribution in [2.24, 2.45) is 0 Å². The van der Waals surface area contributed by atoms with Crippen molar-refractivity contribution in [1.82, 2.24) is 0 Å². The molecular weight excluding hydrogens is 214 g/mol. The molecule has 1 amide bonds. The maximum Gasteiger partial charge on any atom is 0.227 e. The van der Waals surface area contributed by atoms with Crippen LogP contribution in [0.2, 0.25) is 0 Å².